The van der Waals surface area contributed by atoms with E-state index in [1.54, 1.807) is 6.20 Å². The van der Waals surface area contributed by atoms with Gasteiger partial charge in [0.2, 0.25) is 5.82 Å². The molecule has 0 aliphatic rings. The molecule has 2 aromatic rings. The Morgan fingerprint density at radius 3 is 2.80 bits per heavy atom. The molecule has 0 bridgehead atoms. The Kier molecular flexibility index (Phi) is 4.52. The highest BCUT2D eigenvalue weighted by Crippen LogP contribution is 2.35. The number of nitrogens with zero attached hydrogens (tertiary/aromatic N) is 4. The number of aryl methyl sites for hydroxylation is 1. The molecular formula is C12H10Br2N6. The fourth-order valence-electron chi connectivity index (χ4n) is 1.54. The van der Waals surface area contributed by atoms with E-state index in [9.17, 15) is 0 Å². The quantitative estimate of drug-likeness (QED) is 0.775. The number of halogens is 2. The summed E-state index contributed by atoms with van der Waals surface area (Å²) in [6, 6.07) is 4.03. The third-order valence-electron chi connectivity index (χ3n) is 2.79. The minimum Gasteiger partial charge on any atom is -0.358 e. The summed E-state index contributed by atoms with van der Waals surface area (Å²) >= 11 is 7.05. The number of aromatic amines is 1. The van der Waals surface area contributed by atoms with Crippen LogP contribution in [0.5, 0.6) is 0 Å². The monoisotopic (exact) mass is 396 g/mol. The Balaban J connectivity index is 2.36. The maximum atomic E-state index is 9.11. The summed E-state index contributed by atoms with van der Waals surface area (Å²) in [5.41, 5.74) is 3.42. The first-order valence-electron chi connectivity index (χ1n) is 5.60. The van der Waals surface area contributed by atoms with E-state index in [0.29, 0.717) is 0 Å². The van der Waals surface area contributed by atoms with Gasteiger partial charge in [-0.25, -0.2) is 0 Å². The third kappa shape index (κ3) is 2.89. The number of hydrogen-bond donors (Lipinski definition) is 2. The maximum Gasteiger partial charge on any atom is 0.216 e. The van der Waals surface area contributed by atoms with Gasteiger partial charge in [0.15, 0.2) is 0 Å². The van der Waals surface area contributed by atoms with Gasteiger partial charge < -0.3 is 5.32 Å². The van der Waals surface area contributed by atoms with Gasteiger partial charge in [0.05, 0.1) is 5.69 Å². The fourth-order valence-corrected chi connectivity index (χ4v) is 3.10. The number of H-pyrrole nitrogens is 1. The molecule has 6 nitrogen and oxygen atoms in total. The van der Waals surface area contributed by atoms with Crippen LogP contribution in [0, 0.1) is 25.2 Å². The van der Waals surface area contributed by atoms with Crippen LogP contribution in [0.3, 0.4) is 0 Å². The standard InChI is InChI=1S/C12H10Br2N6/c1-6-3-9(13)11(10(14)7(6)2)16-5-8(4-15)12-17-19-20-18-12/h3,5,16H,1-2H3,(H,17,18,19,20). The smallest absolute Gasteiger partial charge is 0.216 e. The molecule has 0 unspecified atom stereocenters. The summed E-state index contributed by atoms with van der Waals surface area (Å²) in [7, 11) is 0. The van der Waals surface area contributed by atoms with Crippen molar-refractivity contribution in [3.8, 4) is 6.07 Å². The zero-order chi connectivity index (χ0) is 14.7. The van der Waals surface area contributed by atoms with Gasteiger partial charge in [-0.15, -0.1) is 10.2 Å². The lowest BCUT2D eigenvalue weighted by Gasteiger charge is -2.12. The highest BCUT2D eigenvalue weighted by atomic mass is 79.9. The first-order valence-corrected chi connectivity index (χ1v) is 7.19. The molecule has 0 amide bonds. The van der Waals surface area contributed by atoms with E-state index in [2.05, 4.69) is 57.8 Å². The lowest BCUT2D eigenvalue weighted by Crippen LogP contribution is -1.97. The second-order valence-electron chi connectivity index (χ2n) is 4.04. The zero-order valence-corrected chi connectivity index (χ0v) is 13.9. The normalized spacial score (nSPS) is 11.2. The molecule has 0 aliphatic carbocycles. The van der Waals surface area contributed by atoms with E-state index < -0.39 is 0 Å². The number of nitrogens with one attached hydrogen (secondary N) is 2. The van der Waals surface area contributed by atoms with Crippen molar-refractivity contribution < 1.29 is 0 Å². The summed E-state index contributed by atoms with van der Waals surface area (Å²) in [4.78, 5) is 0. The molecule has 0 spiro atoms. The van der Waals surface area contributed by atoms with Gasteiger partial charge in [-0.1, -0.05) is 0 Å². The Labute approximate surface area is 132 Å². The Morgan fingerprint density at radius 2 is 2.20 bits per heavy atom. The molecule has 0 saturated heterocycles. The molecule has 1 aromatic carbocycles. The molecule has 1 heterocycles. The molecule has 2 rings (SSSR count). The van der Waals surface area contributed by atoms with Gasteiger partial charge in [-0.3, -0.25) is 0 Å². The van der Waals surface area contributed by atoms with Crippen LogP contribution < -0.4 is 5.32 Å². The van der Waals surface area contributed by atoms with Gasteiger partial charge in [-0.2, -0.15) is 10.5 Å². The zero-order valence-electron chi connectivity index (χ0n) is 10.7. The minimum atomic E-state index is 0.246. The molecule has 1 aromatic heterocycles. The number of nitriles is 1. The van der Waals surface area contributed by atoms with Crippen LogP contribution in [-0.4, -0.2) is 20.6 Å². The number of benzene rings is 1. The first-order chi connectivity index (χ1) is 9.54. The van der Waals surface area contributed by atoms with Crippen molar-refractivity contribution in [1.29, 1.82) is 5.26 Å². The molecule has 0 radical (unpaired) electrons. The van der Waals surface area contributed by atoms with E-state index >= 15 is 0 Å². The van der Waals surface area contributed by atoms with Gasteiger partial charge in [0, 0.05) is 15.1 Å². The highest BCUT2D eigenvalue weighted by molar-refractivity contribution is 9.11. The van der Waals surface area contributed by atoms with Gasteiger partial charge >= 0.3 is 0 Å². The molecular weight excluding hydrogens is 388 g/mol. The van der Waals surface area contributed by atoms with E-state index in [1.165, 1.54) is 0 Å². The molecule has 0 fully saturated rings. The molecule has 102 valence electrons. The lowest BCUT2D eigenvalue weighted by atomic mass is 10.1. The molecule has 8 heteroatoms. The first kappa shape index (κ1) is 14.7. The van der Waals surface area contributed by atoms with Crippen LogP contribution >= 0.6 is 31.9 Å². The predicted molar refractivity (Wildman–Crippen MR) is 82.7 cm³/mol. The Hall–Kier alpha value is -1.72. The van der Waals surface area contributed by atoms with Crippen LogP contribution in [0.1, 0.15) is 17.0 Å². The average molecular weight is 398 g/mol. The number of anilines is 1. The van der Waals surface area contributed by atoms with Crippen LogP contribution in [0.4, 0.5) is 5.69 Å². The highest BCUT2D eigenvalue weighted by Gasteiger charge is 2.11. The van der Waals surface area contributed by atoms with Crippen molar-refractivity contribution >= 4 is 43.1 Å². The van der Waals surface area contributed by atoms with E-state index in [1.807, 2.05) is 26.0 Å². The van der Waals surface area contributed by atoms with Crippen molar-refractivity contribution in [3.63, 3.8) is 0 Å². The second-order valence-corrected chi connectivity index (χ2v) is 5.69. The SMILES string of the molecule is Cc1cc(Br)c(NC=C(C#N)c2nn[nH]n2)c(Br)c1C. The van der Waals surface area contributed by atoms with Gasteiger partial charge in [-0.05, 0) is 68.1 Å². The van der Waals surface area contributed by atoms with Crippen molar-refractivity contribution in [3.05, 3.63) is 38.2 Å². The van der Waals surface area contributed by atoms with Crippen LogP contribution in [0.15, 0.2) is 21.2 Å². The van der Waals surface area contributed by atoms with Gasteiger partial charge in [0.1, 0.15) is 11.6 Å². The number of allylic oxidation sites excluding steroid dienone is 1. The molecule has 2 N–H and O–H groups in total. The molecule has 20 heavy (non-hydrogen) atoms. The van der Waals surface area contributed by atoms with Gasteiger partial charge in [0.25, 0.3) is 0 Å². The molecule has 0 aliphatic heterocycles. The average Bonchev–Trinajstić information content (AvgIpc) is 2.94. The number of aromatic nitrogens is 4. The molecule has 0 atom stereocenters. The number of rotatable bonds is 3. The summed E-state index contributed by atoms with van der Waals surface area (Å²) in [5, 5.41) is 25.5. The third-order valence-corrected chi connectivity index (χ3v) is 4.41. The Bertz CT molecular complexity index is 700. The topological polar surface area (TPSA) is 90.3 Å². The number of tetrazole rings is 1. The predicted octanol–water partition coefficient (Wildman–Crippen LogP) is 3.32. The fraction of sp³-hybridized carbons (Fsp3) is 0.167. The van der Waals surface area contributed by atoms with E-state index in [0.717, 1.165) is 25.8 Å². The van der Waals surface area contributed by atoms with Crippen LogP contribution in [0.25, 0.3) is 5.57 Å². The van der Waals surface area contributed by atoms with Crippen molar-refractivity contribution in [2.75, 3.05) is 5.32 Å². The second kappa shape index (κ2) is 6.15. The molecule has 0 saturated carbocycles. The lowest BCUT2D eigenvalue weighted by molar-refractivity contribution is 0.881. The summed E-state index contributed by atoms with van der Waals surface area (Å²) in [6.45, 7) is 4.05. The summed E-state index contributed by atoms with van der Waals surface area (Å²) in [5.74, 6) is 0.246. The minimum absolute atomic E-state index is 0.246. The van der Waals surface area contributed by atoms with Crippen molar-refractivity contribution in [1.82, 2.24) is 20.6 Å². The summed E-state index contributed by atoms with van der Waals surface area (Å²) in [6.07, 6.45) is 1.55. The van der Waals surface area contributed by atoms with Crippen molar-refractivity contribution in [2.45, 2.75) is 13.8 Å². The van der Waals surface area contributed by atoms with Crippen LogP contribution in [-0.2, 0) is 0 Å². The largest absolute Gasteiger partial charge is 0.358 e. The van der Waals surface area contributed by atoms with Crippen molar-refractivity contribution in [2.24, 2.45) is 0 Å². The van der Waals surface area contributed by atoms with E-state index in [4.69, 9.17) is 5.26 Å². The maximum absolute atomic E-state index is 9.11. The summed E-state index contributed by atoms with van der Waals surface area (Å²) < 4.78 is 1.83. The van der Waals surface area contributed by atoms with Crippen LogP contribution in [0.2, 0.25) is 0 Å². The van der Waals surface area contributed by atoms with E-state index in [-0.39, 0.29) is 11.4 Å². The Morgan fingerprint density at radius 1 is 1.45 bits per heavy atom. The number of hydrogen-bond acceptors (Lipinski definition) is 5.